The maximum atomic E-state index is 12.1. The third kappa shape index (κ3) is 4.97. The Hall–Kier alpha value is -1.71. The molecule has 8 heteroatoms. The van der Waals surface area contributed by atoms with Crippen molar-refractivity contribution in [3.05, 3.63) is 42.5 Å². The summed E-state index contributed by atoms with van der Waals surface area (Å²) in [6.07, 6.45) is -0.594. The zero-order chi connectivity index (χ0) is 19.4. The van der Waals surface area contributed by atoms with Crippen LogP contribution in [-0.4, -0.2) is 81.7 Å². The Bertz CT molecular complexity index is 864. The molecule has 1 aliphatic heterocycles. The quantitative estimate of drug-likeness (QED) is 0.669. The molecule has 0 radical (unpaired) electrons. The minimum Gasteiger partial charge on any atom is -0.491 e. The summed E-state index contributed by atoms with van der Waals surface area (Å²) in [5, 5.41) is 12.6. The van der Waals surface area contributed by atoms with Gasteiger partial charge in [-0.1, -0.05) is 30.3 Å². The standard InChI is InChI=1S/C19H27N3O4S/c1-20(2)27(24,25)22-11-9-21(10-12-22)14-18(23)15-26-19-8-7-16-5-3-4-6-17(16)13-19/h3-8,13,18,23H,9-12,14-15H2,1-2H3/p+1/t18-/m1/s1. The number of hydrogen-bond donors (Lipinski definition) is 2. The Labute approximate surface area is 160 Å². The van der Waals surface area contributed by atoms with Gasteiger partial charge in [0.1, 0.15) is 25.0 Å². The molecule has 2 N–H and O–H groups in total. The molecule has 7 nitrogen and oxygen atoms in total. The number of ether oxygens (including phenoxy) is 1. The van der Waals surface area contributed by atoms with Crippen LogP contribution in [0.1, 0.15) is 0 Å². The number of aliphatic hydroxyl groups excluding tert-OH is 1. The fourth-order valence-electron chi connectivity index (χ4n) is 3.31. The molecular formula is C19H28N3O4S+. The minimum atomic E-state index is -3.35. The Morgan fingerprint density at radius 3 is 2.48 bits per heavy atom. The van der Waals surface area contributed by atoms with Crippen molar-refractivity contribution < 1.29 is 23.2 Å². The second-order valence-corrected chi connectivity index (χ2v) is 9.26. The molecule has 27 heavy (non-hydrogen) atoms. The smallest absolute Gasteiger partial charge is 0.281 e. The van der Waals surface area contributed by atoms with Crippen molar-refractivity contribution in [2.75, 3.05) is 53.4 Å². The van der Waals surface area contributed by atoms with Gasteiger partial charge in [0.25, 0.3) is 10.2 Å². The van der Waals surface area contributed by atoms with Crippen molar-refractivity contribution in [3.63, 3.8) is 0 Å². The Morgan fingerprint density at radius 2 is 1.81 bits per heavy atom. The summed E-state index contributed by atoms with van der Waals surface area (Å²) >= 11 is 0. The second kappa shape index (κ2) is 8.53. The molecule has 2 aromatic rings. The van der Waals surface area contributed by atoms with Crippen LogP contribution in [-0.2, 0) is 10.2 Å². The Balaban J connectivity index is 1.46. The minimum absolute atomic E-state index is 0.224. The van der Waals surface area contributed by atoms with Gasteiger partial charge < -0.3 is 14.7 Å². The zero-order valence-corrected chi connectivity index (χ0v) is 16.7. The number of nitrogens with zero attached hydrogens (tertiary/aromatic N) is 2. The normalized spacial score (nSPS) is 18.1. The first-order valence-corrected chi connectivity index (χ1v) is 10.6. The first-order valence-electron chi connectivity index (χ1n) is 9.17. The first-order chi connectivity index (χ1) is 12.9. The van der Waals surface area contributed by atoms with Gasteiger partial charge in [0.15, 0.2) is 0 Å². The maximum Gasteiger partial charge on any atom is 0.281 e. The van der Waals surface area contributed by atoms with Crippen LogP contribution in [0.15, 0.2) is 42.5 Å². The number of piperazine rings is 1. The van der Waals surface area contributed by atoms with E-state index in [9.17, 15) is 13.5 Å². The summed E-state index contributed by atoms with van der Waals surface area (Å²) in [4.78, 5) is 1.19. The van der Waals surface area contributed by atoms with Crippen molar-refractivity contribution in [1.29, 1.82) is 0 Å². The van der Waals surface area contributed by atoms with Gasteiger partial charge in [0, 0.05) is 14.1 Å². The van der Waals surface area contributed by atoms with Crippen LogP contribution >= 0.6 is 0 Å². The maximum absolute atomic E-state index is 12.1. The van der Waals surface area contributed by atoms with Gasteiger partial charge in [0.05, 0.1) is 26.2 Å². The zero-order valence-electron chi connectivity index (χ0n) is 15.8. The number of nitrogens with one attached hydrogen (secondary N) is 1. The van der Waals surface area contributed by atoms with Gasteiger partial charge in [-0.15, -0.1) is 0 Å². The summed E-state index contributed by atoms with van der Waals surface area (Å²) in [6, 6.07) is 14.0. The van der Waals surface area contributed by atoms with Crippen molar-refractivity contribution in [1.82, 2.24) is 8.61 Å². The molecule has 148 valence electrons. The van der Waals surface area contributed by atoms with Gasteiger partial charge in [-0.25, -0.2) is 0 Å². The number of rotatable bonds is 7. The van der Waals surface area contributed by atoms with Gasteiger partial charge in [0.2, 0.25) is 0 Å². The topological polar surface area (TPSA) is 74.5 Å². The van der Waals surface area contributed by atoms with Gasteiger partial charge in [-0.05, 0) is 22.9 Å². The second-order valence-electron chi connectivity index (χ2n) is 7.12. The van der Waals surface area contributed by atoms with E-state index in [0.717, 1.165) is 16.5 Å². The van der Waals surface area contributed by atoms with Crippen LogP contribution in [0.2, 0.25) is 0 Å². The number of hydrogen-bond acceptors (Lipinski definition) is 4. The van der Waals surface area contributed by atoms with Crippen LogP contribution in [0.5, 0.6) is 5.75 Å². The monoisotopic (exact) mass is 394 g/mol. The van der Waals surface area contributed by atoms with E-state index < -0.39 is 16.3 Å². The molecule has 1 heterocycles. The largest absolute Gasteiger partial charge is 0.491 e. The Morgan fingerprint density at radius 1 is 1.15 bits per heavy atom. The van der Waals surface area contributed by atoms with Crippen LogP contribution in [0.3, 0.4) is 0 Å². The molecule has 1 fully saturated rings. The third-order valence-corrected chi connectivity index (χ3v) is 6.85. The van der Waals surface area contributed by atoms with Crippen molar-refractivity contribution in [2.45, 2.75) is 6.10 Å². The highest BCUT2D eigenvalue weighted by Gasteiger charge is 2.31. The molecule has 0 aromatic heterocycles. The molecule has 0 unspecified atom stereocenters. The fourth-order valence-corrected chi connectivity index (χ4v) is 4.42. The van der Waals surface area contributed by atoms with E-state index in [4.69, 9.17) is 4.74 Å². The SMILES string of the molecule is CN(C)S(=O)(=O)N1CC[NH+](C[C@@H](O)COc2ccc3ccccc3c2)CC1. The highest BCUT2D eigenvalue weighted by Crippen LogP contribution is 2.20. The highest BCUT2D eigenvalue weighted by molar-refractivity contribution is 7.86. The van der Waals surface area contributed by atoms with Crippen molar-refractivity contribution >= 4 is 21.0 Å². The molecule has 0 saturated carbocycles. The lowest BCUT2D eigenvalue weighted by atomic mass is 10.1. The van der Waals surface area contributed by atoms with E-state index in [-0.39, 0.29) is 6.61 Å². The summed E-state index contributed by atoms with van der Waals surface area (Å²) in [5.41, 5.74) is 0. The molecule has 0 aliphatic carbocycles. The van der Waals surface area contributed by atoms with Crippen LogP contribution in [0.25, 0.3) is 10.8 Å². The number of fused-ring (bicyclic) bond motifs is 1. The van der Waals surface area contributed by atoms with Crippen LogP contribution in [0, 0.1) is 0 Å². The summed E-state index contributed by atoms with van der Waals surface area (Å²) in [5.74, 6) is 0.740. The van der Waals surface area contributed by atoms with E-state index in [1.807, 2.05) is 42.5 Å². The van der Waals surface area contributed by atoms with E-state index in [0.29, 0.717) is 32.7 Å². The molecule has 0 amide bonds. The average Bonchev–Trinajstić information content (AvgIpc) is 2.66. The predicted octanol–water partition coefficient (Wildman–Crippen LogP) is -0.414. The molecule has 1 saturated heterocycles. The van der Waals surface area contributed by atoms with E-state index in [1.165, 1.54) is 13.5 Å². The summed E-state index contributed by atoms with van der Waals surface area (Å²) < 4.78 is 32.8. The molecule has 2 aromatic carbocycles. The first kappa shape index (κ1) is 20.0. The predicted molar refractivity (Wildman–Crippen MR) is 105 cm³/mol. The van der Waals surface area contributed by atoms with Gasteiger partial charge >= 0.3 is 0 Å². The van der Waals surface area contributed by atoms with Crippen molar-refractivity contribution in [2.24, 2.45) is 0 Å². The van der Waals surface area contributed by atoms with Gasteiger partial charge in [-0.2, -0.15) is 17.0 Å². The van der Waals surface area contributed by atoms with E-state index in [2.05, 4.69) is 0 Å². The molecule has 0 spiro atoms. The fraction of sp³-hybridized carbons (Fsp3) is 0.474. The van der Waals surface area contributed by atoms with E-state index >= 15 is 0 Å². The number of benzene rings is 2. The number of aliphatic hydroxyl groups is 1. The highest BCUT2D eigenvalue weighted by atomic mass is 32.2. The summed E-state index contributed by atoms with van der Waals surface area (Å²) in [7, 11) is -0.262. The average molecular weight is 395 g/mol. The van der Waals surface area contributed by atoms with Crippen molar-refractivity contribution in [3.8, 4) is 5.75 Å². The lowest BCUT2D eigenvalue weighted by Gasteiger charge is -2.33. The molecular weight excluding hydrogens is 366 g/mol. The molecule has 1 atom stereocenters. The van der Waals surface area contributed by atoms with E-state index in [1.54, 1.807) is 14.1 Å². The lowest BCUT2D eigenvalue weighted by molar-refractivity contribution is -0.906. The molecule has 1 aliphatic rings. The Kier molecular flexibility index (Phi) is 6.33. The molecule has 0 bridgehead atoms. The van der Waals surface area contributed by atoms with Gasteiger partial charge in [-0.3, -0.25) is 0 Å². The van der Waals surface area contributed by atoms with Crippen LogP contribution < -0.4 is 9.64 Å². The third-order valence-electron chi connectivity index (χ3n) is 4.90. The number of quaternary nitrogens is 1. The lowest BCUT2D eigenvalue weighted by Crippen LogP contribution is -3.16. The molecule has 3 rings (SSSR count). The van der Waals surface area contributed by atoms with Crippen LogP contribution in [0.4, 0.5) is 0 Å². The summed E-state index contributed by atoms with van der Waals surface area (Å²) in [6.45, 7) is 3.06.